The van der Waals surface area contributed by atoms with Crippen LogP contribution in [-0.4, -0.2) is 46.1 Å². The number of allylic oxidation sites excluding steroid dienone is 1. The Kier molecular flexibility index (Phi) is 5.25. The number of hydrogen-bond donors (Lipinski definition) is 2. The van der Waals surface area contributed by atoms with Gasteiger partial charge in [-0.1, -0.05) is 26.3 Å². The van der Waals surface area contributed by atoms with Crippen LogP contribution in [0.3, 0.4) is 0 Å². The van der Waals surface area contributed by atoms with E-state index in [-0.39, 0.29) is 35.4 Å². The van der Waals surface area contributed by atoms with Crippen LogP contribution < -0.4 is 0 Å². The van der Waals surface area contributed by atoms with Gasteiger partial charge in [0.2, 0.25) is 5.78 Å². The molecule has 4 aliphatic carbocycles. The van der Waals surface area contributed by atoms with E-state index in [1.54, 1.807) is 13.0 Å². The van der Waals surface area contributed by atoms with Gasteiger partial charge < -0.3 is 14.9 Å². The second kappa shape index (κ2) is 7.27. The van der Waals surface area contributed by atoms with Crippen molar-refractivity contribution in [2.24, 2.45) is 28.6 Å². The maximum Gasteiger partial charge on any atom is 0.306 e. The molecule has 3 fully saturated rings. The summed E-state index contributed by atoms with van der Waals surface area (Å²) in [4.78, 5) is 37.3. The smallest absolute Gasteiger partial charge is 0.306 e. The summed E-state index contributed by atoms with van der Waals surface area (Å²) in [5, 5.41) is 21.2. The van der Waals surface area contributed by atoms with Crippen molar-refractivity contribution in [1.29, 1.82) is 0 Å². The number of aliphatic hydroxyl groups excluding tert-OH is 2. The molecule has 166 valence electrons. The third kappa shape index (κ3) is 2.79. The third-order valence-electron chi connectivity index (χ3n) is 9.19. The molecule has 2 N–H and O–H groups in total. The number of hydrogen-bond acceptors (Lipinski definition) is 6. The van der Waals surface area contributed by atoms with Crippen LogP contribution in [0.1, 0.15) is 72.1 Å². The fourth-order valence-corrected chi connectivity index (χ4v) is 7.75. The molecule has 30 heavy (non-hydrogen) atoms. The first-order chi connectivity index (χ1) is 14.1. The number of aliphatic hydroxyl groups is 2. The van der Waals surface area contributed by atoms with Gasteiger partial charge in [-0.05, 0) is 67.8 Å². The molecule has 0 radical (unpaired) electrons. The van der Waals surface area contributed by atoms with Crippen molar-refractivity contribution in [3.8, 4) is 0 Å². The zero-order valence-electron chi connectivity index (χ0n) is 18.3. The van der Waals surface area contributed by atoms with Crippen LogP contribution in [0.5, 0.6) is 0 Å². The molecule has 4 aliphatic rings. The minimum Gasteiger partial charge on any atom is -0.450 e. The highest BCUT2D eigenvalue weighted by Crippen LogP contribution is 2.68. The fourth-order valence-electron chi connectivity index (χ4n) is 7.75. The number of carbonyl (C=O) groups is 3. The summed E-state index contributed by atoms with van der Waals surface area (Å²) in [6.07, 6.45) is 5.77. The van der Waals surface area contributed by atoms with Gasteiger partial charge in [0.05, 0.1) is 6.10 Å². The fraction of sp³-hybridized carbons (Fsp3) is 0.792. The highest BCUT2D eigenvalue weighted by Gasteiger charge is 2.70. The van der Waals surface area contributed by atoms with Gasteiger partial charge in [-0.2, -0.15) is 0 Å². The topological polar surface area (TPSA) is 101 Å². The van der Waals surface area contributed by atoms with Gasteiger partial charge in [0.25, 0.3) is 0 Å². The summed E-state index contributed by atoms with van der Waals surface area (Å²) in [7, 11) is 0. The van der Waals surface area contributed by atoms with Gasteiger partial charge in [0.1, 0.15) is 6.61 Å². The summed E-state index contributed by atoms with van der Waals surface area (Å²) in [6.45, 7) is 5.18. The molecule has 0 heterocycles. The van der Waals surface area contributed by atoms with Crippen molar-refractivity contribution in [3.05, 3.63) is 11.6 Å². The molecule has 7 atom stereocenters. The molecule has 0 amide bonds. The van der Waals surface area contributed by atoms with E-state index in [0.29, 0.717) is 19.3 Å². The Morgan fingerprint density at radius 2 is 1.93 bits per heavy atom. The van der Waals surface area contributed by atoms with Gasteiger partial charge in [0.15, 0.2) is 11.4 Å². The normalized spacial score (nSPS) is 45.1. The lowest BCUT2D eigenvalue weighted by molar-refractivity contribution is -0.202. The van der Waals surface area contributed by atoms with Crippen LogP contribution in [0.4, 0.5) is 0 Å². The number of carbonyl (C=O) groups excluding carboxylic acids is 3. The van der Waals surface area contributed by atoms with Crippen LogP contribution >= 0.6 is 0 Å². The summed E-state index contributed by atoms with van der Waals surface area (Å²) >= 11 is 0. The Labute approximate surface area is 178 Å². The minimum atomic E-state index is -1.37. The van der Waals surface area contributed by atoms with E-state index < -0.39 is 35.5 Å². The largest absolute Gasteiger partial charge is 0.450 e. The van der Waals surface area contributed by atoms with Crippen LogP contribution in [0.15, 0.2) is 11.6 Å². The van der Waals surface area contributed by atoms with Gasteiger partial charge in [-0.25, -0.2) is 0 Å². The molecule has 3 saturated carbocycles. The van der Waals surface area contributed by atoms with Gasteiger partial charge in [0, 0.05) is 18.3 Å². The molecule has 0 saturated heterocycles. The Morgan fingerprint density at radius 3 is 2.60 bits per heavy atom. The molecular weight excluding hydrogens is 384 g/mol. The van der Waals surface area contributed by atoms with Gasteiger partial charge >= 0.3 is 5.97 Å². The number of fused-ring (bicyclic) bond motifs is 5. The van der Waals surface area contributed by atoms with Gasteiger partial charge in [-0.15, -0.1) is 0 Å². The Morgan fingerprint density at radius 1 is 1.20 bits per heavy atom. The van der Waals surface area contributed by atoms with Crippen molar-refractivity contribution in [3.63, 3.8) is 0 Å². The second-order valence-electron chi connectivity index (χ2n) is 10.4. The monoisotopic (exact) mass is 418 g/mol. The first kappa shape index (κ1) is 21.7. The lowest BCUT2D eigenvalue weighted by Gasteiger charge is -2.60. The maximum atomic E-state index is 13.0. The molecule has 0 aromatic carbocycles. The maximum absolute atomic E-state index is 13.0. The van der Waals surface area contributed by atoms with E-state index in [4.69, 9.17) is 4.74 Å². The molecule has 0 aliphatic heterocycles. The van der Waals surface area contributed by atoms with Crippen molar-refractivity contribution in [2.45, 2.75) is 83.8 Å². The minimum absolute atomic E-state index is 0.0329. The van der Waals surface area contributed by atoms with E-state index in [9.17, 15) is 24.6 Å². The summed E-state index contributed by atoms with van der Waals surface area (Å²) in [5.41, 5.74) is -1.12. The third-order valence-corrected chi connectivity index (χ3v) is 9.19. The van der Waals surface area contributed by atoms with Crippen molar-refractivity contribution in [2.75, 3.05) is 6.61 Å². The Hall–Kier alpha value is -1.53. The van der Waals surface area contributed by atoms with E-state index >= 15 is 0 Å². The van der Waals surface area contributed by atoms with Crippen LogP contribution in [-0.2, 0) is 19.1 Å². The van der Waals surface area contributed by atoms with E-state index in [1.807, 2.05) is 6.92 Å². The zero-order chi connectivity index (χ0) is 21.9. The first-order valence-electron chi connectivity index (χ1n) is 11.4. The van der Waals surface area contributed by atoms with Gasteiger partial charge in [-0.3, -0.25) is 14.4 Å². The molecular formula is C24H34O6. The highest BCUT2D eigenvalue weighted by molar-refractivity contribution is 5.92. The predicted molar refractivity (Wildman–Crippen MR) is 109 cm³/mol. The number of ketones is 2. The quantitative estimate of drug-likeness (QED) is 0.681. The lowest BCUT2D eigenvalue weighted by atomic mass is 9.45. The highest BCUT2D eigenvalue weighted by atomic mass is 16.6. The van der Waals surface area contributed by atoms with E-state index in [0.717, 1.165) is 31.3 Å². The van der Waals surface area contributed by atoms with Crippen molar-refractivity contribution in [1.82, 2.24) is 0 Å². The van der Waals surface area contributed by atoms with E-state index in [1.165, 1.54) is 0 Å². The first-order valence-corrected chi connectivity index (χ1v) is 11.4. The Bertz CT molecular complexity index is 802. The number of esters is 1. The summed E-state index contributed by atoms with van der Waals surface area (Å²) in [6, 6.07) is 0. The molecule has 0 aromatic rings. The SMILES string of the molecule is CCC(=O)O[C@]1(C(=O)CO)CC[C@H]2[C@@H]3CCC4=CC(=O)CC[C@]4(C)[C@H]3[C@@H](O)C[C@@]21C. The van der Waals surface area contributed by atoms with Crippen LogP contribution in [0, 0.1) is 28.6 Å². The van der Waals surface area contributed by atoms with Crippen molar-refractivity contribution >= 4 is 17.5 Å². The molecule has 6 nitrogen and oxygen atoms in total. The van der Waals surface area contributed by atoms with E-state index in [2.05, 4.69) is 6.92 Å². The predicted octanol–water partition coefficient (Wildman–Crippen LogP) is 2.74. The molecule has 4 rings (SSSR count). The van der Waals surface area contributed by atoms with Crippen LogP contribution in [0.2, 0.25) is 0 Å². The van der Waals surface area contributed by atoms with Crippen LogP contribution in [0.25, 0.3) is 0 Å². The second-order valence-corrected chi connectivity index (χ2v) is 10.4. The molecule has 0 aromatic heterocycles. The number of Topliss-reactive ketones (excluding diaryl/α,β-unsaturated/α-hetero) is 1. The number of ether oxygens (including phenoxy) is 1. The van der Waals surface area contributed by atoms with Crippen molar-refractivity contribution < 1.29 is 29.3 Å². The molecule has 6 heteroatoms. The molecule has 0 bridgehead atoms. The Balaban J connectivity index is 1.75. The average Bonchev–Trinajstić information content (AvgIpc) is 3.00. The number of rotatable bonds is 4. The summed E-state index contributed by atoms with van der Waals surface area (Å²) in [5.74, 6) is -0.362. The molecule has 0 spiro atoms. The standard InChI is InChI=1S/C24H34O6/c1-4-20(29)30-24(19(28)13-25)10-8-17-16-6-5-14-11-15(26)7-9-22(14,2)21(16)18(27)12-23(17,24)3/h11,16-18,21,25,27H,4-10,12-13H2,1-3H3/t16-,17-,18-,21+,22-,23-,24-/m0/s1. The lowest BCUT2D eigenvalue weighted by Crippen LogP contribution is -2.63. The summed E-state index contributed by atoms with van der Waals surface area (Å²) < 4.78 is 5.83. The average molecular weight is 419 g/mol. The zero-order valence-corrected chi connectivity index (χ0v) is 18.3. The molecule has 0 unspecified atom stereocenters.